The van der Waals surface area contributed by atoms with Gasteiger partial charge in [0.25, 0.3) is 0 Å². The average Bonchev–Trinajstić information content (AvgIpc) is 2.70. The van der Waals surface area contributed by atoms with Crippen molar-refractivity contribution in [3.05, 3.63) is 78.4 Å². The Kier molecular flexibility index (Phi) is 5.94. The van der Waals surface area contributed by atoms with Crippen molar-refractivity contribution in [2.75, 3.05) is 24.9 Å². The van der Waals surface area contributed by atoms with Crippen LogP contribution in [0.3, 0.4) is 0 Å². The third-order valence-corrected chi connectivity index (χ3v) is 4.08. The van der Waals surface area contributed by atoms with E-state index in [0.717, 1.165) is 34.1 Å². The van der Waals surface area contributed by atoms with Crippen molar-refractivity contribution in [2.45, 2.75) is 6.42 Å². The van der Waals surface area contributed by atoms with Crippen LogP contribution in [0.5, 0.6) is 11.5 Å². The minimum atomic E-state index is -0.0643. The molecule has 0 bridgehead atoms. The fraction of sp³-hybridized carbons (Fsp3) is 0.136. The predicted molar refractivity (Wildman–Crippen MR) is 108 cm³/mol. The van der Waals surface area contributed by atoms with Crippen molar-refractivity contribution in [2.24, 2.45) is 0 Å². The maximum atomic E-state index is 12.2. The van der Waals surface area contributed by atoms with Crippen LogP contribution in [0.15, 0.2) is 72.8 Å². The van der Waals surface area contributed by atoms with Crippen LogP contribution in [0, 0.1) is 0 Å². The summed E-state index contributed by atoms with van der Waals surface area (Å²) in [4.78, 5) is 12.2. The van der Waals surface area contributed by atoms with Crippen molar-refractivity contribution in [1.29, 1.82) is 0 Å². The molecule has 0 heterocycles. The number of hydrogen-bond acceptors (Lipinski definition) is 4. The van der Waals surface area contributed by atoms with Gasteiger partial charge >= 0.3 is 0 Å². The molecule has 5 heteroatoms. The molecule has 0 atom stereocenters. The summed E-state index contributed by atoms with van der Waals surface area (Å²) in [6, 6.07) is 22.7. The number of rotatable bonds is 7. The zero-order valence-corrected chi connectivity index (χ0v) is 15.4. The summed E-state index contributed by atoms with van der Waals surface area (Å²) in [5.41, 5.74) is 3.48. The first-order valence-corrected chi connectivity index (χ1v) is 8.61. The van der Waals surface area contributed by atoms with Crippen LogP contribution in [0.4, 0.5) is 17.1 Å². The Hall–Kier alpha value is -3.47. The quantitative estimate of drug-likeness (QED) is 0.643. The molecule has 0 fully saturated rings. The molecule has 2 N–H and O–H groups in total. The standard InChI is InChI=1S/C22H22N2O3/c1-26-19-13-7-16(8-14-19)15-22(25)24-18-11-9-17(10-12-18)23-20-5-3-4-6-21(20)27-2/h3-14,23H,15H2,1-2H3,(H,24,25). The highest BCUT2D eigenvalue weighted by Crippen LogP contribution is 2.27. The monoisotopic (exact) mass is 362 g/mol. The van der Waals surface area contributed by atoms with E-state index in [0.29, 0.717) is 6.42 Å². The Labute approximate surface area is 158 Å². The van der Waals surface area contributed by atoms with Gasteiger partial charge in [-0.3, -0.25) is 4.79 Å². The lowest BCUT2D eigenvalue weighted by Gasteiger charge is -2.12. The second-order valence-electron chi connectivity index (χ2n) is 5.98. The van der Waals surface area contributed by atoms with Crippen LogP contribution in [0.2, 0.25) is 0 Å². The number of carbonyl (C=O) groups excluding carboxylic acids is 1. The van der Waals surface area contributed by atoms with Gasteiger partial charge in [-0.05, 0) is 54.1 Å². The van der Waals surface area contributed by atoms with Gasteiger partial charge in [-0.25, -0.2) is 0 Å². The van der Waals surface area contributed by atoms with Gasteiger partial charge in [-0.2, -0.15) is 0 Å². The summed E-state index contributed by atoms with van der Waals surface area (Å²) >= 11 is 0. The minimum absolute atomic E-state index is 0.0643. The van der Waals surface area contributed by atoms with Gasteiger partial charge in [0.15, 0.2) is 0 Å². The molecule has 27 heavy (non-hydrogen) atoms. The van der Waals surface area contributed by atoms with Crippen molar-refractivity contribution < 1.29 is 14.3 Å². The average molecular weight is 362 g/mol. The summed E-state index contributed by atoms with van der Waals surface area (Å²) in [7, 11) is 3.26. The largest absolute Gasteiger partial charge is 0.497 e. The minimum Gasteiger partial charge on any atom is -0.497 e. The van der Waals surface area contributed by atoms with Gasteiger partial charge < -0.3 is 20.1 Å². The number of amides is 1. The van der Waals surface area contributed by atoms with Gasteiger partial charge in [0.2, 0.25) is 5.91 Å². The van der Waals surface area contributed by atoms with Gasteiger partial charge in [0, 0.05) is 11.4 Å². The van der Waals surface area contributed by atoms with E-state index < -0.39 is 0 Å². The molecule has 0 aliphatic carbocycles. The Morgan fingerprint density at radius 1 is 0.815 bits per heavy atom. The summed E-state index contributed by atoms with van der Waals surface area (Å²) in [5, 5.41) is 6.22. The normalized spacial score (nSPS) is 10.1. The van der Waals surface area contributed by atoms with Crippen molar-refractivity contribution in [3.8, 4) is 11.5 Å². The number of methoxy groups -OCH3 is 2. The summed E-state index contributed by atoms with van der Waals surface area (Å²) in [6.07, 6.45) is 0.311. The lowest BCUT2D eigenvalue weighted by molar-refractivity contribution is -0.115. The Morgan fingerprint density at radius 2 is 1.48 bits per heavy atom. The summed E-state index contributed by atoms with van der Waals surface area (Å²) in [6.45, 7) is 0. The molecule has 0 aromatic heterocycles. The van der Waals surface area contributed by atoms with E-state index in [-0.39, 0.29) is 5.91 Å². The lowest BCUT2D eigenvalue weighted by Crippen LogP contribution is -2.14. The molecule has 3 aromatic rings. The van der Waals surface area contributed by atoms with Crippen LogP contribution >= 0.6 is 0 Å². The molecule has 0 unspecified atom stereocenters. The summed E-state index contributed by atoms with van der Waals surface area (Å²) < 4.78 is 10.5. The maximum Gasteiger partial charge on any atom is 0.228 e. The molecular weight excluding hydrogens is 340 g/mol. The highest BCUT2D eigenvalue weighted by atomic mass is 16.5. The molecule has 0 spiro atoms. The highest BCUT2D eigenvalue weighted by molar-refractivity contribution is 5.92. The number of nitrogens with one attached hydrogen (secondary N) is 2. The number of anilines is 3. The van der Waals surface area contributed by atoms with Crippen LogP contribution in [-0.2, 0) is 11.2 Å². The number of para-hydroxylation sites is 2. The van der Waals surface area contributed by atoms with Crippen molar-refractivity contribution >= 4 is 23.0 Å². The molecule has 0 aliphatic heterocycles. The summed E-state index contributed by atoms with van der Waals surface area (Å²) in [5.74, 6) is 1.48. The number of benzene rings is 3. The second-order valence-corrected chi connectivity index (χ2v) is 5.98. The first kappa shape index (κ1) is 18.3. The van der Waals surface area contributed by atoms with Crippen LogP contribution in [0.25, 0.3) is 0 Å². The molecule has 0 radical (unpaired) electrons. The second kappa shape index (κ2) is 8.76. The first-order valence-electron chi connectivity index (χ1n) is 8.61. The van der Waals surface area contributed by atoms with Gasteiger partial charge in [0.1, 0.15) is 11.5 Å². The molecule has 0 saturated heterocycles. The fourth-order valence-electron chi connectivity index (χ4n) is 2.67. The smallest absolute Gasteiger partial charge is 0.228 e. The van der Waals surface area contributed by atoms with Crippen LogP contribution < -0.4 is 20.1 Å². The molecular formula is C22H22N2O3. The van der Waals surface area contributed by atoms with E-state index in [1.165, 1.54) is 0 Å². The Bertz CT molecular complexity index is 890. The molecule has 138 valence electrons. The number of ether oxygens (including phenoxy) is 2. The first-order chi connectivity index (χ1) is 13.2. The topological polar surface area (TPSA) is 59.6 Å². The third kappa shape index (κ3) is 5.01. The highest BCUT2D eigenvalue weighted by Gasteiger charge is 2.06. The van der Waals surface area contributed by atoms with Crippen LogP contribution in [-0.4, -0.2) is 20.1 Å². The van der Waals surface area contributed by atoms with E-state index in [9.17, 15) is 4.79 Å². The van der Waals surface area contributed by atoms with E-state index in [4.69, 9.17) is 9.47 Å². The number of carbonyl (C=O) groups is 1. The molecule has 0 saturated carbocycles. The zero-order chi connectivity index (χ0) is 19.1. The molecule has 3 rings (SSSR count). The van der Waals surface area contributed by atoms with E-state index in [1.807, 2.05) is 72.8 Å². The maximum absolute atomic E-state index is 12.2. The Morgan fingerprint density at radius 3 is 2.15 bits per heavy atom. The van der Waals surface area contributed by atoms with Crippen LogP contribution in [0.1, 0.15) is 5.56 Å². The molecule has 5 nitrogen and oxygen atoms in total. The van der Waals surface area contributed by atoms with Gasteiger partial charge in [-0.15, -0.1) is 0 Å². The fourth-order valence-corrected chi connectivity index (χ4v) is 2.67. The predicted octanol–water partition coefficient (Wildman–Crippen LogP) is 4.63. The Balaban J connectivity index is 1.59. The lowest BCUT2D eigenvalue weighted by atomic mass is 10.1. The van der Waals surface area contributed by atoms with E-state index in [1.54, 1.807) is 14.2 Å². The number of hydrogen-bond donors (Lipinski definition) is 2. The van der Waals surface area contributed by atoms with E-state index in [2.05, 4.69) is 10.6 Å². The van der Waals surface area contributed by atoms with E-state index >= 15 is 0 Å². The van der Waals surface area contributed by atoms with Gasteiger partial charge in [-0.1, -0.05) is 24.3 Å². The molecule has 0 aliphatic rings. The van der Waals surface area contributed by atoms with Crippen molar-refractivity contribution in [3.63, 3.8) is 0 Å². The van der Waals surface area contributed by atoms with Crippen molar-refractivity contribution in [1.82, 2.24) is 0 Å². The molecule has 3 aromatic carbocycles. The third-order valence-electron chi connectivity index (χ3n) is 4.08. The zero-order valence-electron chi connectivity index (χ0n) is 15.4. The van der Waals surface area contributed by atoms with Gasteiger partial charge in [0.05, 0.1) is 26.3 Å². The SMILES string of the molecule is COc1ccc(CC(=O)Nc2ccc(Nc3ccccc3OC)cc2)cc1. The molecule has 1 amide bonds.